The first-order valence-electron chi connectivity index (χ1n) is 4.94. The first-order chi connectivity index (χ1) is 7.88. The molecule has 0 atom stereocenters. The molecule has 0 amide bonds. The molecular weight excluding hydrogens is 374 g/mol. The van der Waals surface area contributed by atoms with E-state index in [0.717, 1.165) is 10.0 Å². The fourth-order valence-electron chi connectivity index (χ4n) is 1.20. The van der Waals surface area contributed by atoms with E-state index in [4.69, 9.17) is 5.11 Å². The molecule has 1 aromatic carbocycles. The molecule has 0 aromatic heterocycles. The maximum absolute atomic E-state index is 11.9. The van der Waals surface area contributed by atoms with Gasteiger partial charge in [-0.15, -0.1) is 0 Å². The van der Waals surface area contributed by atoms with E-state index >= 15 is 0 Å². The number of rotatable bonds is 5. The zero-order chi connectivity index (χ0) is 13.1. The summed E-state index contributed by atoms with van der Waals surface area (Å²) in [6.45, 7) is 2.06. The number of aryl methyl sites for hydroxylation is 1. The quantitative estimate of drug-likeness (QED) is 0.762. The lowest BCUT2D eigenvalue weighted by molar-refractivity contribution is 0.289. The molecule has 0 heterocycles. The van der Waals surface area contributed by atoms with E-state index in [2.05, 4.69) is 36.6 Å². The maximum atomic E-state index is 11.9. The minimum atomic E-state index is -3.54. The molecule has 0 unspecified atom stereocenters. The van der Waals surface area contributed by atoms with E-state index < -0.39 is 10.0 Å². The molecule has 0 saturated heterocycles. The molecule has 7 heteroatoms. The van der Waals surface area contributed by atoms with Crippen LogP contribution in [0.15, 0.2) is 26.0 Å². The monoisotopic (exact) mass is 385 g/mol. The Morgan fingerprint density at radius 3 is 2.53 bits per heavy atom. The van der Waals surface area contributed by atoms with Crippen LogP contribution in [0.4, 0.5) is 0 Å². The molecule has 0 radical (unpaired) electrons. The van der Waals surface area contributed by atoms with Crippen LogP contribution in [0, 0.1) is 6.92 Å². The number of sulfonamides is 1. The highest BCUT2D eigenvalue weighted by Gasteiger charge is 2.18. The number of benzene rings is 1. The summed E-state index contributed by atoms with van der Waals surface area (Å²) in [6.07, 6.45) is 0.393. The highest BCUT2D eigenvalue weighted by molar-refractivity contribution is 9.11. The predicted octanol–water partition coefficient (Wildman–Crippen LogP) is 2.18. The molecule has 1 aromatic rings. The zero-order valence-corrected chi connectivity index (χ0v) is 13.2. The highest BCUT2D eigenvalue weighted by Crippen LogP contribution is 2.28. The van der Waals surface area contributed by atoms with Crippen LogP contribution in [-0.4, -0.2) is 26.7 Å². The van der Waals surface area contributed by atoms with Gasteiger partial charge in [0, 0.05) is 22.1 Å². The summed E-state index contributed by atoms with van der Waals surface area (Å²) in [5.74, 6) is 0. The van der Waals surface area contributed by atoms with Gasteiger partial charge in [-0.05, 0) is 47.0 Å². The molecule has 0 saturated carbocycles. The number of aliphatic hydroxyl groups is 1. The molecule has 0 aliphatic rings. The topological polar surface area (TPSA) is 66.4 Å². The van der Waals surface area contributed by atoms with Gasteiger partial charge in [0.05, 0.1) is 4.90 Å². The van der Waals surface area contributed by atoms with Crippen molar-refractivity contribution in [1.29, 1.82) is 0 Å². The van der Waals surface area contributed by atoms with E-state index in [1.54, 1.807) is 12.1 Å². The number of hydrogen-bond donors (Lipinski definition) is 2. The Labute approximate surface area is 118 Å². The fourth-order valence-corrected chi connectivity index (χ4v) is 3.95. The highest BCUT2D eigenvalue weighted by atomic mass is 79.9. The second kappa shape index (κ2) is 6.29. The summed E-state index contributed by atoms with van der Waals surface area (Å²) in [4.78, 5) is 0.188. The van der Waals surface area contributed by atoms with E-state index in [1.165, 1.54) is 0 Å². The molecule has 17 heavy (non-hydrogen) atoms. The van der Waals surface area contributed by atoms with Gasteiger partial charge < -0.3 is 5.11 Å². The van der Waals surface area contributed by atoms with Crippen LogP contribution in [0.2, 0.25) is 0 Å². The second-order valence-corrected chi connectivity index (χ2v) is 6.95. The molecule has 2 N–H and O–H groups in total. The van der Waals surface area contributed by atoms with Crippen LogP contribution in [0.3, 0.4) is 0 Å². The van der Waals surface area contributed by atoms with Crippen molar-refractivity contribution < 1.29 is 13.5 Å². The van der Waals surface area contributed by atoms with Gasteiger partial charge in [0.25, 0.3) is 0 Å². The van der Waals surface area contributed by atoms with Crippen molar-refractivity contribution in [3.63, 3.8) is 0 Å². The number of hydrogen-bond acceptors (Lipinski definition) is 3. The average Bonchev–Trinajstić information content (AvgIpc) is 2.23. The molecule has 1 rings (SSSR count). The first kappa shape index (κ1) is 15.1. The second-order valence-electron chi connectivity index (χ2n) is 3.51. The summed E-state index contributed by atoms with van der Waals surface area (Å²) in [5, 5.41) is 8.62. The van der Waals surface area contributed by atoms with Gasteiger partial charge in [-0.3, -0.25) is 0 Å². The summed E-state index contributed by atoms with van der Waals surface area (Å²) in [5.41, 5.74) is 0.950. The molecule has 0 aliphatic heterocycles. The third-order valence-corrected chi connectivity index (χ3v) is 5.40. The lowest BCUT2D eigenvalue weighted by Crippen LogP contribution is -2.25. The van der Waals surface area contributed by atoms with Crippen molar-refractivity contribution >= 4 is 41.9 Å². The lowest BCUT2D eigenvalue weighted by Gasteiger charge is -2.09. The van der Waals surface area contributed by atoms with Crippen LogP contribution in [-0.2, 0) is 10.0 Å². The first-order valence-corrected chi connectivity index (χ1v) is 8.01. The summed E-state index contributed by atoms with van der Waals surface area (Å²) < 4.78 is 27.6. The predicted molar refractivity (Wildman–Crippen MR) is 73.5 cm³/mol. The van der Waals surface area contributed by atoms with Gasteiger partial charge in [-0.25, -0.2) is 13.1 Å². The largest absolute Gasteiger partial charge is 0.396 e. The van der Waals surface area contributed by atoms with E-state index in [9.17, 15) is 8.42 Å². The van der Waals surface area contributed by atoms with Gasteiger partial charge >= 0.3 is 0 Å². The van der Waals surface area contributed by atoms with Gasteiger partial charge in [-0.1, -0.05) is 15.9 Å². The van der Waals surface area contributed by atoms with Gasteiger partial charge in [-0.2, -0.15) is 0 Å². The summed E-state index contributed by atoms with van der Waals surface area (Å²) in [7, 11) is -3.54. The number of aliphatic hydroxyl groups excluding tert-OH is 1. The van der Waals surface area contributed by atoms with Gasteiger partial charge in [0.15, 0.2) is 0 Å². The standard InChI is InChI=1S/C10H13Br2NO3S/c1-7-5-9(12)10(6-8(7)11)17(15,16)13-3-2-4-14/h5-6,13-14H,2-4H2,1H3. The summed E-state index contributed by atoms with van der Waals surface area (Å²) >= 11 is 6.54. The molecule has 4 nitrogen and oxygen atoms in total. The van der Waals surface area contributed by atoms with Crippen LogP contribution in [0.5, 0.6) is 0 Å². The SMILES string of the molecule is Cc1cc(Br)c(S(=O)(=O)NCCCO)cc1Br. The Bertz CT molecular complexity index is 503. The van der Waals surface area contributed by atoms with Crippen LogP contribution >= 0.6 is 31.9 Å². The zero-order valence-electron chi connectivity index (χ0n) is 9.20. The van der Waals surface area contributed by atoms with Crippen LogP contribution in [0.25, 0.3) is 0 Å². The van der Waals surface area contributed by atoms with Crippen molar-refractivity contribution in [1.82, 2.24) is 4.72 Å². The van der Waals surface area contributed by atoms with Crippen LogP contribution in [0.1, 0.15) is 12.0 Å². The fraction of sp³-hybridized carbons (Fsp3) is 0.400. The van der Waals surface area contributed by atoms with Gasteiger partial charge in [0.1, 0.15) is 0 Å². The third kappa shape index (κ3) is 4.03. The molecule has 0 aliphatic carbocycles. The molecule has 0 fully saturated rings. The Balaban J connectivity index is 3.03. The Hall–Kier alpha value is 0.0500. The van der Waals surface area contributed by atoms with E-state index in [-0.39, 0.29) is 18.0 Å². The van der Waals surface area contributed by atoms with E-state index in [0.29, 0.717) is 10.9 Å². The molecular formula is C10H13Br2NO3S. The normalized spacial score (nSPS) is 11.8. The summed E-state index contributed by atoms with van der Waals surface area (Å²) in [6, 6.07) is 3.30. The van der Waals surface area contributed by atoms with Crippen molar-refractivity contribution in [3.05, 3.63) is 26.6 Å². The number of nitrogens with one attached hydrogen (secondary N) is 1. The Morgan fingerprint density at radius 1 is 1.29 bits per heavy atom. The minimum Gasteiger partial charge on any atom is -0.396 e. The van der Waals surface area contributed by atoms with E-state index in [1.807, 2.05) is 6.92 Å². The Kier molecular flexibility index (Phi) is 5.59. The van der Waals surface area contributed by atoms with Crippen molar-refractivity contribution in [2.45, 2.75) is 18.2 Å². The Morgan fingerprint density at radius 2 is 1.94 bits per heavy atom. The van der Waals surface area contributed by atoms with Crippen molar-refractivity contribution in [2.24, 2.45) is 0 Å². The lowest BCUT2D eigenvalue weighted by atomic mass is 10.2. The molecule has 0 spiro atoms. The molecule has 96 valence electrons. The number of halogens is 2. The van der Waals surface area contributed by atoms with Crippen molar-refractivity contribution in [2.75, 3.05) is 13.2 Å². The van der Waals surface area contributed by atoms with Crippen LogP contribution < -0.4 is 4.72 Å². The average molecular weight is 387 g/mol. The van der Waals surface area contributed by atoms with Gasteiger partial charge in [0.2, 0.25) is 10.0 Å². The minimum absolute atomic E-state index is 0.0404. The smallest absolute Gasteiger partial charge is 0.241 e. The third-order valence-electron chi connectivity index (χ3n) is 2.13. The van der Waals surface area contributed by atoms with Crippen molar-refractivity contribution in [3.8, 4) is 0 Å². The maximum Gasteiger partial charge on any atom is 0.241 e. The molecule has 0 bridgehead atoms.